The molecule has 6 aromatic rings. The molecule has 0 saturated carbocycles. The minimum Gasteiger partial charge on any atom is -0.172 e. The van der Waals surface area contributed by atoms with Crippen molar-refractivity contribution in [3.05, 3.63) is 77.0 Å². The summed E-state index contributed by atoms with van der Waals surface area (Å²) < 4.78 is 12.0. The van der Waals surface area contributed by atoms with Crippen LogP contribution in [0.25, 0.3) is 53.8 Å². The zero-order valence-corrected chi connectivity index (χ0v) is 32.8. The molecule has 2 nitrogen and oxygen atoms in total. The van der Waals surface area contributed by atoms with E-state index in [0.29, 0.717) is 0 Å². The molecule has 0 aliphatic rings. The number of aryl methyl sites for hydroxylation is 2. The monoisotopic (exact) mass is 814 g/mol. The lowest BCUT2D eigenvalue weighted by Crippen LogP contribution is -1.85. The number of nitrogens with zero attached hydrogens (tertiary/aromatic N) is 2. The molecule has 0 amide bonds. The molecule has 0 N–H and O–H groups in total. The number of hydrogen-bond donors (Lipinski definition) is 0. The van der Waals surface area contributed by atoms with Crippen LogP contribution in [0.4, 0.5) is 0 Å². The average Bonchev–Trinajstić information content (AvgIpc) is 3.87. The molecule has 0 saturated heterocycles. The Bertz CT molecular complexity index is 1890. The molecule has 234 valence electrons. The molecule has 0 radical (unpaired) electrons. The van der Waals surface area contributed by atoms with E-state index in [2.05, 4.69) is 106 Å². The molecular weight excluding hydrogens is 781 g/mol. The van der Waals surface area contributed by atoms with E-state index < -0.39 is 0 Å². The number of unbranched alkanes of at least 4 members (excludes halogenated alkanes) is 6. The summed E-state index contributed by atoms with van der Waals surface area (Å²) in [6.45, 7) is 4.55. The summed E-state index contributed by atoms with van der Waals surface area (Å²) in [6.07, 6.45) is 16.9. The van der Waals surface area contributed by atoms with Crippen molar-refractivity contribution in [3.63, 3.8) is 0 Å². The van der Waals surface area contributed by atoms with E-state index in [1.54, 1.807) is 11.3 Å². The molecule has 0 aliphatic heterocycles. The number of halogens is 2. The quantitative estimate of drug-likeness (QED) is 0.0965. The van der Waals surface area contributed by atoms with Crippen molar-refractivity contribution in [2.45, 2.75) is 78.1 Å². The largest absolute Gasteiger partial charge is 0.172 e. The maximum absolute atomic E-state index is 4.85. The Morgan fingerprint density at radius 3 is 2.13 bits per heavy atom. The summed E-state index contributed by atoms with van der Waals surface area (Å²) in [5, 5.41) is 2.33. The van der Waals surface area contributed by atoms with Crippen molar-refractivity contribution < 1.29 is 0 Å². The molecule has 6 rings (SSSR count). The van der Waals surface area contributed by atoms with Crippen molar-refractivity contribution >= 4 is 112 Å². The van der Waals surface area contributed by atoms with Crippen LogP contribution >= 0.6 is 88.9 Å². The van der Waals surface area contributed by atoms with E-state index in [-0.39, 0.29) is 0 Å². The highest BCUT2D eigenvalue weighted by Gasteiger charge is 2.19. The molecule has 9 heteroatoms. The summed E-state index contributed by atoms with van der Waals surface area (Å²) in [7, 11) is 0. The van der Waals surface area contributed by atoms with Crippen molar-refractivity contribution in [3.8, 4) is 30.6 Å². The van der Waals surface area contributed by atoms with Crippen molar-refractivity contribution in [2.75, 3.05) is 0 Å². The lowest BCUT2D eigenvalue weighted by molar-refractivity contribution is 0.667. The molecule has 5 aromatic heterocycles. The van der Waals surface area contributed by atoms with Gasteiger partial charge in [0.2, 0.25) is 0 Å². The van der Waals surface area contributed by atoms with E-state index in [1.165, 1.54) is 115 Å². The summed E-state index contributed by atoms with van der Waals surface area (Å²) >= 11 is 15.9. The van der Waals surface area contributed by atoms with Gasteiger partial charge in [-0.2, -0.15) is 8.75 Å². The normalized spacial score (nSPS) is 11.9. The standard InChI is InChI=1S/C36H36Br2N2S5/c1-3-5-7-9-11-23-19-30(41-22-23)27-16-17-28(34-33(27)39-45-40-34)31-20-24(12-10-8-6-4-2)35(43-31)29-18-15-26(42-29)14-13-25-21-32(37)44-36(25)38/h13-22H,3-12H2,1-2H3/b14-13+. The minimum absolute atomic E-state index is 1.03. The van der Waals surface area contributed by atoms with Gasteiger partial charge in [0.15, 0.2) is 0 Å². The first-order valence-corrected chi connectivity index (χ1v) is 21.4. The number of hydrogen-bond acceptors (Lipinski definition) is 7. The number of fused-ring (bicyclic) bond motifs is 1. The van der Waals surface area contributed by atoms with Gasteiger partial charge in [-0.15, -0.1) is 45.3 Å². The Morgan fingerprint density at radius 1 is 0.689 bits per heavy atom. The minimum atomic E-state index is 1.03. The van der Waals surface area contributed by atoms with E-state index >= 15 is 0 Å². The fraction of sp³-hybridized carbons (Fsp3) is 0.333. The first-order chi connectivity index (χ1) is 22.0. The van der Waals surface area contributed by atoms with Crippen LogP contribution in [0, 0.1) is 0 Å². The molecule has 1 aromatic carbocycles. The van der Waals surface area contributed by atoms with Crippen LogP contribution in [0.15, 0.2) is 55.4 Å². The lowest BCUT2D eigenvalue weighted by atomic mass is 10.0. The molecule has 0 aliphatic carbocycles. The Morgan fingerprint density at radius 2 is 1.42 bits per heavy atom. The SMILES string of the molecule is CCCCCCc1csc(-c2ccc(-c3cc(CCCCCC)c(-c4ccc(/C=C/c5cc(Br)sc5Br)s4)s3)c3nsnc23)c1. The first-order valence-electron chi connectivity index (χ1n) is 15.7. The van der Waals surface area contributed by atoms with Gasteiger partial charge in [-0.3, -0.25) is 0 Å². The van der Waals surface area contributed by atoms with Crippen molar-refractivity contribution in [1.82, 2.24) is 8.75 Å². The van der Waals surface area contributed by atoms with Gasteiger partial charge in [0.25, 0.3) is 0 Å². The highest BCUT2D eigenvalue weighted by atomic mass is 79.9. The highest BCUT2D eigenvalue weighted by Crippen LogP contribution is 2.45. The van der Waals surface area contributed by atoms with E-state index in [0.717, 1.165) is 31.4 Å². The second-order valence-electron chi connectivity index (χ2n) is 11.3. The summed E-state index contributed by atoms with van der Waals surface area (Å²) in [4.78, 5) is 6.60. The van der Waals surface area contributed by atoms with Crippen molar-refractivity contribution in [2.24, 2.45) is 0 Å². The Labute approximate surface area is 303 Å². The Balaban J connectivity index is 1.29. The van der Waals surface area contributed by atoms with Crippen molar-refractivity contribution in [1.29, 1.82) is 0 Å². The maximum atomic E-state index is 4.85. The molecule has 0 fully saturated rings. The zero-order chi connectivity index (χ0) is 31.2. The van der Waals surface area contributed by atoms with Gasteiger partial charge in [0.05, 0.1) is 19.3 Å². The van der Waals surface area contributed by atoms with Gasteiger partial charge >= 0.3 is 0 Å². The van der Waals surface area contributed by atoms with Gasteiger partial charge < -0.3 is 0 Å². The number of benzene rings is 1. The molecule has 45 heavy (non-hydrogen) atoms. The first kappa shape index (κ1) is 33.4. The number of aromatic nitrogens is 2. The summed E-state index contributed by atoms with van der Waals surface area (Å²) in [6, 6.07) is 16.1. The molecule has 0 spiro atoms. The van der Waals surface area contributed by atoms with Gasteiger partial charge in [-0.1, -0.05) is 70.6 Å². The van der Waals surface area contributed by atoms with Crippen LogP contribution in [-0.4, -0.2) is 8.75 Å². The smallest absolute Gasteiger partial charge is 0.114 e. The highest BCUT2D eigenvalue weighted by molar-refractivity contribution is 9.12. The number of thiophene rings is 4. The molecule has 0 unspecified atom stereocenters. The number of rotatable bonds is 15. The van der Waals surface area contributed by atoms with Crippen LogP contribution in [0.2, 0.25) is 0 Å². The Hall–Kier alpha value is -1.46. The van der Waals surface area contributed by atoms with Crippen LogP contribution in [-0.2, 0) is 12.8 Å². The van der Waals surface area contributed by atoms with E-state index in [9.17, 15) is 0 Å². The van der Waals surface area contributed by atoms with Gasteiger partial charge in [-0.25, -0.2) is 0 Å². The maximum Gasteiger partial charge on any atom is 0.114 e. The third-order valence-electron chi connectivity index (χ3n) is 7.99. The zero-order valence-electron chi connectivity index (χ0n) is 25.5. The summed E-state index contributed by atoms with van der Waals surface area (Å²) in [5.41, 5.74) is 8.58. The second-order valence-corrected chi connectivity index (χ2v) is 18.7. The van der Waals surface area contributed by atoms with Gasteiger partial charge in [0, 0.05) is 41.1 Å². The molecule has 5 heterocycles. The molecule has 0 bridgehead atoms. The third-order valence-corrected chi connectivity index (χ3v) is 14.4. The van der Waals surface area contributed by atoms with Gasteiger partial charge in [-0.05, 0) is 110 Å². The fourth-order valence-corrected chi connectivity index (χ4v) is 12.2. The predicted octanol–water partition coefficient (Wildman–Crippen LogP) is 14.9. The average molecular weight is 817 g/mol. The lowest BCUT2D eigenvalue weighted by Gasteiger charge is -2.03. The summed E-state index contributed by atoms with van der Waals surface area (Å²) in [5.74, 6) is 0. The predicted molar refractivity (Wildman–Crippen MR) is 212 cm³/mol. The van der Waals surface area contributed by atoms with E-state index in [4.69, 9.17) is 8.75 Å². The van der Waals surface area contributed by atoms with Gasteiger partial charge in [0.1, 0.15) is 11.0 Å². The molecule has 0 atom stereocenters. The topological polar surface area (TPSA) is 25.8 Å². The van der Waals surface area contributed by atoms with Crippen LogP contribution < -0.4 is 0 Å². The molecular formula is C36H36Br2N2S5. The second kappa shape index (κ2) is 16.1. The Kier molecular flexibility index (Phi) is 12.0. The van der Waals surface area contributed by atoms with E-state index in [1.807, 2.05) is 34.0 Å². The fourth-order valence-electron chi connectivity index (χ4n) is 5.57. The van der Waals surface area contributed by atoms with Crippen LogP contribution in [0.1, 0.15) is 86.8 Å². The van der Waals surface area contributed by atoms with Crippen LogP contribution in [0.3, 0.4) is 0 Å². The third kappa shape index (κ3) is 8.16. The van der Waals surface area contributed by atoms with Crippen LogP contribution in [0.5, 0.6) is 0 Å².